The number of amidine groups is 1. The Bertz CT molecular complexity index is 216. The van der Waals surface area contributed by atoms with E-state index >= 15 is 0 Å². The third-order valence-electron chi connectivity index (χ3n) is 1.45. The Hall–Kier alpha value is -1.16. The van der Waals surface area contributed by atoms with Gasteiger partial charge in [-0.05, 0) is 0 Å². The average molecular weight is 136 g/mol. The molecule has 4 nitrogen and oxygen atoms in total. The summed E-state index contributed by atoms with van der Waals surface area (Å²) in [5.41, 5.74) is 0. The first-order valence-corrected chi connectivity index (χ1v) is 3.18. The Morgan fingerprint density at radius 3 is 3.50 bits per heavy atom. The van der Waals surface area contributed by atoms with Crippen molar-refractivity contribution in [2.45, 2.75) is 0 Å². The molecule has 0 aliphatic carbocycles. The molecule has 0 unspecified atom stereocenters. The number of fused-ring (bicyclic) bond motifs is 1. The molecule has 0 saturated heterocycles. The smallest absolute Gasteiger partial charge is 0.148 e. The van der Waals surface area contributed by atoms with Crippen molar-refractivity contribution in [3.05, 3.63) is 12.4 Å². The van der Waals surface area contributed by atoms with Crippen LogP contribution in [-0.2, 0) is 0 Å². The van der Waals surface area contributed by atoms with Crippen LogP contribution in [0.15, 0.2) is 22.4 Å². The van der Waals surface area contributed by atoms with Crippen LogP contribution in [0.4, 0.5) is 0 Å². The van der Waals surface area contributed by atoms with E-state index in [9.17, 15) is 0 Å². The molecule has 0 radical (unpaired) electrons. The van der Waals surface area contributed by atoms with Gasteiger partial charge >= 0.3 is 0 Å². The van der Waals surface area contributed by atoms with Gasteiger partial charge in [-0.2, -0.15) is 0 Å². The lowest BCUT2D eigenvalue weighted by atomic mass is 10.4. The van der Waals surface area contributed by atoms with E-state index in [0.717, 1.165) is 12.5 Å². The maximum absolute atomic E-state index is 4.18. The first kappa shape index (κ1) is 5.61. The summed E-state index contributed by atoms with van der Waals surface area (Å²) >= 11 is 0. The van der Waals surface area contributed by atoms with E-state index in [4.69, 9.17) is 0 Å². The predicted molar refractivity (Wildman–Crippen MR) is 39.8 cm³/mol. The molecular weight excluding hydrogens is 128 g/mol. The van der Waals surface area contributed by atoms with Crippen LogP contribution in [-0.4, -0.2) is 30.3 Å². The second-order valence-electron chi connectivity index (χ2n) is 2.13. The van der Waals surface area contributed by atoms with Crippen molar-refractivity contribution in [2.75, 3.05) is 13.3 Å². The second-order valence-corrected chi connectivity index (χ2v) is 2.13. The van der Waals surface area contributed by atoms with Crippen LogP contribution in [0.2, 0.25) is 0 Å². The minimum absolute atomic E-state index is 0.700. The third kappa shape index (κ3) is 0.823. The maximum Gasteiger partial charge on any atom is 0.148 e. The van der Waals surface area contributed by atoms with Gasteiger partial charge in [-0.15, -0.1) is 0 Å². The van der Waals surface area contributed by atoms with Crippen LogP contribution in [0.3, 0.4) is 0 Å². The summed E-state index contributed by atoms with van der Waals surface area (Å²) in [6.45, 7) is 1.53. The minimum atomic E-state index is 0.700. The highest BCUT2D eigenvalue weighted by Crippen LogP contribution is 1.99. The SMILES string of the molecule is C1=CN2CNCN=C2C=N1. The van der Waals surface area contributed by atoms with E-state index in [1.54, 1.807) is 12.4 Å². The Morgan fingerprint density at radius 1 is 1.60 bits per heavy atom. The van der Waals surface area contributed by atoms with E-state index < -0.39 is 0 Å². The summed E-state index contributed by atoms with van der Waals surface area (Å²) in [4.78, 5) is 10.1. The number of aliphatic imine (C=N–C) groups is 2. The van der Waals surface area contributed by atoms with Crippen LogP contribution < -0.4 is 5.32 Å². The average Bonchev–Trinajstić information content (AvgIpc) is 2.05. The first-order valence-electron chi connectivity index (χ1n) is 3.18. The molecule has 0 aromatic carbocycles. The van der Waals surface area contributed by atoms with Crippen molar-refractivity contribution in [1.29, 1.82) is 0 Å². The van der Waals surface area contributed by atoms with Crippen LogP contribution >= 0.6 is 0 Å². The summed E-state index contributed by atoms with van der Waals surface area (Å²) in [5, 5.41) is 3.11. The van der Waals surface area contributed by atoms with Crippen LogP contribution in [0.25, 0.3) is 0 Å². The van der Waals surface area contributed by atoms with Crippen LogP contribution in [0.1, 0.15) is 0 Å². The number of rotatable bonds is 0. The van der Waals surface area contributed by atoms with E-state index in [1.807, 2.05) is 11.1 Å². The van der Waals surface area contributed by atoms with Crippen molar-refractivity contribution >= 4 is 12.1 Å². The van der Waals surface area contributed by atoms with E-state index in [1.165, 1.54) is 0 Å². The Kier molecular flexibility index (Phi) is 1.25. The Morgan fingerprint density at radius 2 is 2.60 bits per heavy atom. The fourth-order valence-electron chi connectivity index (χ4n) is 0.952. The zero-order valence-corrected chi connectivity index (χ0v) is 5.49. The quantitative estimate of drug-likeness (QED) is 0.499. The molecule has 0 aromatic rings. The maximum atomic E-state index is 4.18. The lowest BCUT2D eigenvalue weighted by Gasteiger charge is -2.25. The third-order valence-corrected chi connectivity index (χ3v) is 1.45. The molecule has 0 saturated carbocycles. The highest BCUT2D eigenvalue weighted by atomic mass is 15.3. The molecule has 2 rings (SSSR count). The number of hydrogen-bond acceptors (Lipinski definition) is 4. The van der Waals surface area contributed by atoms with Gasteiger partial charge in [-0.1, -0.05) is 0 Å². The molecule has 0 amide bonds. The second kappa shape index (κ2) is 2.22. The van der Waals surface area contributed by atoms with Gasteiger partial charge < -0.3 is 4.90 Å². The van der Waals surface area contributed by atoms with Gasteiger partial charge in [0.25, 0.3) is 0 Å². The molecule has 52 valence electrons. The molecule has 0 bridgehead atoms. The summed E-state index contributed by atoms with van der Waals surface area (Å²) < 4.78 is 0. The zero-order valence-electron chi connectivity index (χ0n) is 5.49. The van der Waals surface area contributed by atoms with Gasteiger partial charge in [0.2, 0.25) is 0 Å². The van der Waals surface area contributed by atoms with E-state index in [-0.39, 0.29) is 0 Å². The van der Waals surface area contributed by atoms with Crippen molar-refractivity contribution in [3.63, 3.8) is 0 Å². The van der Waals surface area contributed by atoms with Crippen LogP contribution in [0, 0.1) is 0 Å². The predicted octanol–water partition coefficient (Wildman–Crippen LogP) is -0.239. The molecule has 0 atom stereocenters. The summed E-state index contributed by atoms with van der Waals surface area (Å²) in [5.74, 6) is 0.946. The van der Waals surface area contributed by atoms with Crippen LogP contribution in [0.5, 0.6) is 0 Å². The molecule has 4 heteroatoms. The minimum Gasteiger partial charge on any atom is -0.317 e. The van der Waals surface area contributed by atoms with Crippen molar-refractivity contribution in [2.24, 2.45) is 9.98 Å². The Balaban J connectivity index is 2.27. The summed E-state index contributed by atoms with van der Waals surface area (Å²) in [6.07, 6.45) is 5.43. The largest absolute Gasteiger partial charge is 0.317 e. The van der Waals surface area contributed by atoms with Crippen molar-refractivity contribution in [1.82, 2.24) is 10.2 Å². The highest BCUT2D eigenvalue weighted by molar-refractivity contribution is 6.30. The fraction of sp³-hybridized carbons (Fsp3) is 0.333. The number of nitrogens with one attached hydrogen (secondary N) is 1. The van der Waals surface area contributed by atoms with E-state index in [2.05, 4.69) is 15.3 Å². The van der Waals surface area contributed by atoms with Gasteiger partial charge in [0, 0.05) is 12.4 Å². The number of hydrogen-bond donors (Lipinski definition) is 1. The molecule has 10 heavy (non-hydrogen) atoms. The normalized spacial score (nSPS) is 22.4. The number of nitrogens with zero attached hydrogens (tertiary/aromatic N) is 3. The van der Waals surface area contributed by atoms with Crippen molar-refractivity contribution in [3.8, 4) is 0 Å². The topological polar surface area (TPSA) is 40.0 Å². The van der Waals surface area contributed by atoms with Gasteiger partial charge in [0.15, 0.2) is 0 Å². The fourth-order valence-corrected chi connectivity index (χ4v) is 0.952. The standard InChI is InChI=1S/C6H8N4/c1-2-10-5-8-4-9-6(10)3-7-1/h1-3,8H,4-5H2. The van der Waals surface area contributed by atoms with Gasteiger partial charge in [0.05, 0.1) is 19.6 Å². The lowest BCUT2D eigenvalue weighted by Crippen LogP contribution is -2.41. The Labute approximate surface area is 59.0 Å². The molecule has 0 aromatic heterocycles. The monoisotopic (exact) mass is 136 g/mol. The first-order chi connectivity index (χ1) is 4.97. The molecule has 1 N–H and O–H groups in total. The summed E-state index contributed by atoms with van der Waals surface area (Å²) in [7, 11) is 0. The molecule has 2 heterocycles. The molecule has 0 fully saturated rings. The van der Waals surface area contributed by atoms with Gasteiger partial charge in [-0.3, -0.25) is 15.3 Å². The van der Waals surface area contributed by atoms with Gasteiger partial charge in [-0.25, -0.2) is 0 Å². The molecular formula is C6H8N4. The molecule has 2 aliphatic rings. The molecule has 0 spiro atoms. The zero-order chi connectivity index (χ0) is 6.81. The van der Waals surface area contributed by atoms with E-state index in [0.29, 0.717) is 6.67 Å². The van der Waals surface area contributed by atoms with Gasteiger partial charge in [0.1, 0.15) is 5.84 Å². The van der Waals surface area contributed by atoms with Crippen molar-refractivity contribution < 1.29 is 0 Å². The summed E-state index contributed by atoms with van der Waals surface area (Å²) in [6, 6.07) is 0. The lowest BCUT2D eigenvalue weighted by molar-refractivity contribution is 0.462. The highest BCUT2D eigenvalue weighted by Gasteiger charge is 2.10. The molecule has 2 aliphatic heterocycles.